The zero-order valence-corrected chi connectivity index (χ0v) is 15.5. The Bertz CT molecular complexity index is 737. The monoisotopic (exact) mass is 366 g/mol. The molecule has 138 valence electrons. The summed E-state index contributed by atoms with van der Waals surface area (Å²) in [6.45, 7) is 5.64. The van der Waals surface area contributed by atoms with E-state index in [1.807, 2.05) is 6.92 Å². The number of piperazine rings is 1. The third-order valence-electron chi connectivity index (χ3n) is 5.46. The molecule has 25 heavy (non-hydrogen) atoms. The quantitative estimate of drug-likeness (QED) is 0.802. The largest absolute Gasteiger partial charge is 0.490 e. The summed E-state index contributed by atoms with van der Waals surface area (Å²) in [5, 5.41) is 0. The van der Waals surface area contributed by atoms with Crippen LogP contribution in [0.15, 0.2) is 23.1 Å². The molecule has 6 nitrogen and oxygen atoms in total. The first-order valence-electron chi connectivity index (χ1n) is 9.21. The van der Waals surface area contributed by atoms with E-state index in [1.54, 1.807) is 22.5 Å². The van der Waals surface area contributed by atoms with Crippen LogP contribution in [0.5, 0.6) is 11.5 Å². The van der Waals surface area contributed by atoms with E-state index < -0.39 is 10.0 Å². The highest BCUT2D eigenvalue weighted by atomic mass is 32.2. The molecule has 0 unspecified atom stereocenters. The van der Waals surface area contributed by atoms with Crippen LogP contribution in [-0.4, -0.2) is 62.6 Å². The number of hydrogen-bond donors (Lipinski definition) is 0. The zero-order valence-electron chi connectivity index (χ0n) is 14.7. The Morgan fingerprint density at radius 1 is 1.04 bits per heavy atom. The van der Waals surface area contributed by atoms with Crippen LogP contribution in [0.3, 0.4) is 0 Å². The fraction of sp³-hybridized carbons (Fsp3) is 0.667. The SMILES string of the molecule is C[C@@H]1CN2CCCC[C@@H]2CN1S(=O)(=O)c1ccc2c(c1)OCCCO2. The van der Waals surface area contributed by atoms with Crippen molar-refractivity contribution in [2.24, 2.45) is 0 Å². The second-order valence-electron chi connectivity index (χ2n) is 7.23. The number of piperidine rings is 1. The van der Waals surface area contributed by atoms with Gasteiger partial charge in [0, 0.05) is 37.7 Å². The van der Waals surface area contributed by atoms with Crippen molar-refractivity contribution in [2.75, 3.05) is 32.8 Å². The van der Waals surface area contributed by atoms with Crippen molar-refractivity contribution in [3.63, 3.8) is 0 Å². The van der Waals surface area contributed by atoms with Gasteiger partial charge < -0.3 is 9.47 Å². The molecule has 3 heterocycles. The van der Waals surface area contributed by atoms with Gasteiger partial charge in [0.25, 0.3) is 0 Å². The van der Waals surface area contributed by atoms with E-state index in [4.69, 9.17) is 9.47 Å². The molecule has 0 aliphatic carbocycles. The van der Waals surface area contributed by atoms with Gasteiger partial charge in [0.05, 0.1) is 18.1 Å². The second-order valence-corrected chi connectivity index (χ2v) is 9.12. The van der Waals surface area contributed by atoms with Gasteiger partial charge in [0.1, 0.15) is 0 Å². The Labute approximate surface area is 149 Å². The molecule has 2 fully saturated rings. The Balaban J connectivity index is 1.61. The first kappa shape index (κ1) is 17.1. The minimum absolute atomic E-state index is 0.0182. The molecule has 0 N–H and O–H groups in total. The lowest BCUT2D eigenvalue weighted by Gasteiger charge is -2.46. The van der Waals surface area contributed by atoms with Crippen molar-refractivity contribution in [3.05, 3.63) is 18.2 Å². The molecular weight excluding hydrogens is 340 g/mol. The van der Waals surface area contributed by atoms with Crippen LogP contribution in [0, 0.1) is 0 Å². The summed E-state index contributed by atoms with van der Waals surface area (Å²) in [6.07, 6.45) is 4.29. The fourth-order valence-electron chi connectivity index (χ4n) is 4.10. The summed E-state index contributed by atoms with van der Waals surface area (Å²) < 4.78 is 39.5. The Morgan fingerprint density at radius 3 is 2.68 bits per heavy atom. The summed E-state index contributed by atoms with van der Waals surface area (Å²) in [5.41, 5.74) is 0. The van der Waals surface area contributed by atoms with E-state index >= 15 is 0 Å². The van der Waals surface area contributed by atoms with Crippen molar-refractivity contribution in [2.45, 2.75) is 49.6 Å². The molecule has 2 saturated heterocycles. The summed E-state index contributed by atoms with van der Waals surface area (Å²) in [6, 6.07) is 5.31. The molecule has 0 radical (unpaired) electrons. The third-order valence-corrected chi connectivity index (χ3v) is 7.43. The summed E-state index contributed by atoms with van der Waals surface area (Å²) in [5.74, 6) is 1.16. The van der Waals surface area contributed by atoms with Gasteiger partial charge in [-0.25, -0.2) is 8.42 Å². The van der Waals surface area contributed by atoms with Crippen LogP contribution in [0.1, 0.15) is 32.6 Å². The lowest BCUT2D eigenvalue weighted by molar-refractivity contribution is 0.0564. The molecule has 0 bridgehead atoms. The van der Waals surface area contributed by atoms with Crippen molar-refractivity contribution >= 4 is 10.0 Å². The Morgan fingerprint density at radius 2 is 1.84 bits per heavy atom. The van der Waals surface area contributed by atoms with Crippen LogP contribution in [0.4, 0.5) is 0 Å². The molecule has 0 spiro atoms. The number of ether oxygens (including phenoxy) is 2. The van der Waals surface area contributed by atoms with Gasteiger partial charge in [-0.1, -0.05) is 6.42 Å². The van der Waals surface area contributed by atoms with Crippen LogP contribution >= 0.6 is 0 Å². The van der Waals surface area contributed by atoms with Gasteiger partial charge in [0.2, 0.25) is 10.0 Å². The first-order valence-corrected chi connectivity index (χ1v) is 10.7. The van der Waals surface area contributed by atoms with Crippen LogP contribution < -0.4 is 9.47 Å². The predicted molar refractivity (Wildman–Crippen MR) is 94.6 cm³/mol. The van der Waals surface area contributed by atoms with Gasteiger partial charge in [0.15, 0.2) is 11.5 Å². The van der Waals surface area contributed by atoms with Crippen molar-refractivity contribution in [1.82, 2.24) is 9.21 Å². The summed E-state index contributed by atoms with van der Waals surface area (Å²) in [7, 11) is -3.54. The topological polar surface area (TPSA) is 59.1 Å². The molecule has 0 amide bonds. The molecule has 2 atom stereocenters. The molecule has 7 heteroatoms. The van der Waals surface area contributed by atoms with E-state index in [0.29, 0.717) is 42.2 Å². The smallest absolute Gasteiger partial charge is 0.243 e. The maximum atomic E-state index is 13.3. The minimum Gasteiger partial charge on any atom is -0.490 e. The van der Waals surface area contributed by atoms with E-state index in [-0.39, 0.29) is 6.04 Å². The molecule has 4 rings (SSSR count). The van der Waals surface area contributed by atoms with E-state index in [1.165, 1.54) is 12.8 Å². The number of nitrogens with zero attached hydrogens (tertiary/aromatic N) is 2. The zero-order chi connectivity index (χ0) is 17.4. The number of fused-ring (bicyclic) bond motifs is 2. The molecule has 1 aromatic rings. The van der Waals surface area contributed by atoms with Gasteiger partial charge in [-0.2, -0.15) is 4.31 Å². The lowest BCUT2D eigenvalue weighted by atomic mass is 9.99. The highest BCUT2D eigenvalue weighted by Crippen LogP contribution is 2.34. The number of hydrogen-bond acceptors (Lipinski definition) is 5. The summed E-state index contributed by atoms with van der Waals surface area (Å²) >= 11 is 0. The van der Waals surface area contributed by atoms with E-state index in [0.717, 1.165) is 25.9 Å². The van der Waals surface area contributed by atoms with Crippen molar-refractivity contribution < 1.29 is 17.9 Å². The molecule has 0 saturated carbocycles. The summed E-state index contributed by atoms with van der Waals surface area (Å²) in [4.78, 5) is 2.75. The molecule has 0 aromatic heterocycles. The Hall–Kier alpha value is -1.31. The van der Waals surface area contributed by atoms with Gasteiger partial charge >= 0.3 is 0 Å². The minimum atomic E-state index is -3.54. The maximum absolute atomic E-state index is 13.3. The third kappa shape index (κ3) is 3.25. The van der Waals surface area contributed by atoms with Crippen molar-refractivity contribution in [1.29, 1.82) is 0 Å². The normalized spacial score (nSPS) is 28.2. The average molecular weight is 366 g/mol. The predicted octanol–water partition coefficient (Wildman–Crippen LogP) is 2.10. The van der Waals surface area contributed by atoms with Gasteiger partial charge in [-0.05, 0) is 38.4 Å². The van der Waals surface area contributed by atoms with Crippen LogP contribution in [0.2, 0.25) is 0 Å². The number of benzene rings is 1. The highest BCUT2D eigenvalue weighted by Gasteiger charge is 2.39. The standard InChI is InChI=1S/C18H26N2O4S/c1-14-12-19-8-3-2-5-15(19)13-20(14)25(21,22)16-6-7-17-18(11-16)24-10-4-9-23-17/h6-7,11,14-15H,2-5,8-10,12-13H2,1H3/t14-,15-/m1/s1. The fourth-order valence-corrected chi connectivity index (χ4v) is 5.78. The molecule has 3 aliphatic heterocycles. The van der Waals surface area contributed by atoms with E-state index in [9.17, 15) is 8.42 Å². The molecular formula is C18H26N2O4S. The van der Waals surface area contributed by atoms with Gasteiger partial charge in [-0.3, -0.25) is 4.90 Å². The Kier molecular flexibility index (Phi) is 4.64. The van der Waals surface area contributed by atoms with Gasteiger partial charge in [-0.15, -0.1) is 0 Å². The van der Waals surface area contributed by atoms with Crippen molar-refractivity contribution in [3.8, 4) is 11.5 Å². The molecule has 3 aliphatic rings. The average Bonchev–Trinajstić information content (AvgIpc) is 2.85. The first-order chi connectivity index (χ1) is 12.1. The molecule has 1 aromatic carbocycles. The van der Waals surface area contributed by atoms with Crippen LogP contribution in [-0.2, 0) is 10.0 Å². The maximum Gasteiger partial charge on any atom is 0.243 e. The van der Waals surface area contributed by atoms with E-state index in [2.05, 4.69) is 4.90 Å². The van der Waals surface area contributed by atoms with Crippen LogP contribution in [0.25, 0.3) is 0 Å². The number of sulfonamides is 1. The second kappa shape index (κ2) is 6.78. The number of rotatable bonds is 2. The highest BCUT2D eigenvalue weighted by molar-refractivity contribution is 7.89. The lowest BCUT2D eigenvalue weighted by Crippen LogP contribution is -2.59.